The Balaban J connectivity index is 1.53. The fraction of sp³-hybridized carbons (Fsp3) is 0.600. The van der Waals surface area contributed by atoms with Gasteiger partial charge < -0.3 is 10.5 Å². The van der Waals surface area contributed by atoms with E-state index in [0.29, 0.717) is 0 Å². The Hall–Kier alpha value is -1.06. The van der Waals surface area contributed by atoms with Crippen molar-refractivity contribution >= 4 is 0 Å². The van der Waals surface area contributed by atoms with Crippen molar-refractivity contribution in [1.29, 1.82) is 0 Å². The Morgan fingerprint density at radius 3 is 2.94 bits per heavy atom. The van der Waals surface area contributed by atoms with Gasteiger partial charge in [-0.05, 0) is 62.0 Å². The minimum atomic E-state index is 0.235. The van der Waals surface area contributed by atoms with Crippen LogP contribution in [0.2, 0.25) is 0 Å². The Morgan fingerprint density at radius 1 is 1.28 bits per heavy atom. The zero-order valence-electron chi connectivity index (χ0n) is 10.9. The molecule has 0 aromatic heterocycles. The monoisotopic (exact) mass is 246 g/mol. The number of aryl methyl sites for hydroxylation is 1. The van der Waals surface area contributed by atoms with Crippen LogP contribution in [0.4, 0.5) is 0 Å². The molecule has 3 rings (SSSR count). The van der Waals surface area contributed by atoms with Crippen molar-refractivity contribution in [3.05, 3.63) is 29.3 Å². The maximum absolute atomic E-state index is 6.03. The molecule has 18 heavy (non-hydrogen) atoms. The van der Waals surface area contributed by atoms with E-state index in [2.05, 4.69) is 23.1 Å². The molecule has 1 aliphatic carbocycles. The van der Waals surface area contributed by atoms with Gasteiger partial charge in [-0.2, -0.15) is 0 Å². The number of rotatable bonds is 4. The molecule has 1 atom stereocenters. The second kappa shape index (κ2) is 5.29. The molecule has 1 fully saturated rings. The summed E-state index contributed by atoms with van der Waals surface area (Å²) in [5.74, 6) is 1.00. The Labute approximate surface area is 109 Å². The SMILES string of the molecule is NC1CCc2cc(OCCN3CCCC3)ccc21. The van der Waals surface area contributed by atoms with Crippen LogP contribution in [0.15, 0.2) is 18.2 Å². The second-order valence-electron chi connectivity index (χ2n) is 5.40. The predicted molar refractivity (Wildman–Crippen MR) is 72.9 cm³/mol. The first-order valence-electron chi connectivity index (χ1n) is 7.06. The summed E-state index contributed by atoms with van der Waals surface area (Å²) in [4.78, 5) is 2.48. The lowest BCUT2D eigenvalue weighted by Crippen LogP contribution is -2.25. The second-order valence-corrected chi connectivity index (χ2v) is 5.40. The summed E-state index contributed by atoms with van der Waals surface area (Å²) in [6.07, 6.45) is 4.86. The minimum absolute atomic E-state index is 0.235. The fourth-order valence-corrected chi connectivity index (χ4v) is 3.02. The smallest absolute Gasteiger partial charge is 0.119 e. The van der Waals surface area contributed by atoms with Gasteiger partial charge in [-0.25, -0.2) is 0 Å². The molecule has 98 valence electrons. The maximum atomic E-state index is 6.03. The predicted octanol–water partition coefficient (Wildman–Crippen LogP) is 2.11. The highest BCUT2D eigenvalue weighted by Crippen LogP contribution is 2.31. The van der Waals surface area contributed by atoms with Gasteiger partial charge >= 0.3 is 0 Å². The van der Waals surface area contributed by atoms with Gasteiger partial charge in [-0.1, -0.05) is 6.07 Å². The molecule has 0 radical (unpaired) electrons. The highest BCUT2D eigenvalue weighted by Gasteiger charge is 2.19. The Kier molecular flexibility index (Phi) is 3.52. The normalized spacial score (nSPS) is 23.3. The van der Waals surface area contributed by atoms with Gasteiger partial charge in [0.2, 0.25) is 0 Å². The van der Waals surface area contributed by atoms with E-state index < -0.39 is 0 Å². The zero-order chi connectivity index (χ0) is 12.4. The Bertz CT molecular complexity index is 413. The number of nitrogens with two attached hydrogens (primary N) is 1. The largest absolute Gasteiger partial charge is 0.492 e. The summed E-state index contributed by atoms with van der Waals surface area (Å²) >= 11 is 0. The van der Waals surface area contributed by atoms with Gasteiger partial charge in [0.05, 0.1) is 0 Å². The van der Waals surface area contributed by atoms with Crippen molar-refractivity contribution < 1.29 is 4.74 Å². The lowest BCUT2D eigenvalue weighted by atomic mass is 10.1. The lowest BCUT2D eigenvalue weighted by Gasteiger charge is -2.15. The summed E-state index contributed by atoms with van der Waals surface area (Å²) < 4.78 is 5.85. The third kappa shape index (κ3) is 2.52. The molecule has 1 aromatic carbocycles. The van der Waals surface area contributed by atoms with Crippen LogP contribution >= 0.6 is 0 Å². The van der Waals surface area contributed by atoms with Crippen molar-refractivity contribution in [1.82, 2.24) is 4.90 Å². The van der Waals surface area contributed by atoms with Crippen molar-refractivity contribution in [3.63, 3.8) is 0 Å². The van der Waals surface area contributed by atoms with Crippen molar-refractivity contribution in [3.8, 4) is 5.75 Å². The topological polar surface area (TPSA) is 38.5 Å². The molecular weight excluding hydrogens is 224 g/mol. The molecule has 0 amide bonds. The molecule has 2 N–H and O–H groups in total. The van der Waals surface area contributed by atoms with Crippen LogP contribution in [-0.4, -0.2) is 31.1 Å². The summed E-state index contributed by atoms with van der Waals surface area (Å²) in [7, 11) is 0. The van der Waals surface area contributed by atoms with Crippen LogP contribution in [0.25, 0.3) is 0 Å². The number of ether oxygens (including phenoxy) is 1. The molecular formula is C15H22N2O. The van der Waals surface area contributed by atoms with Crippen molar-refractivity contribution in [2.75, 3.05) is 26.2 Å². The summed E-state index contributed by atoms with van der Waals surface area (Å²) in [5.41, 5.74) is 8.72. The number of fused-ring (bicyclic) bond motifs is 1. The van der Waals surface area contributed by atoms with E-state index in [9.17, 15) is 0 Å². The average molecular weight is 246 g/mol. The van der Waals surface area contributed by atoms with E-state index in [1.807, 2.05) is 0 Å². The van der Waals surface area contributed by atoms with E-state index in [0.717, 1.165) is 31.7 Å². The van der Waals surface area contributed by atoms with Crippen LogP contribution < -0.4 is 10.5 Å². The molecule has 0 bridgehead atoms. The van der Waals surface area contributed by atoms with Crippen LogP contribution in [-0.2, 0) is 6.42 Å². The molecule has 0 saturated carbocycles. The van der Waals surface area contributed by atoms with E-state index in [1.165, 1.54) is 37.1 Å². The van der Waals surface area contributed by atoms with Gasteiger partial charge in [0, 0.05) is 12.6 Å². The molecule has 1 unspecified atom stereocenters. The number of benzene rings is 1. The number of hydrogen-bond acceptors (Lipinski definition) is 3. The molecule has 1 heterocycles. The standard InChI is InChI=1S/C15H22N2O/c16-15-6-3-12-11-13(4-5-14(12)15)18-10-9-17-7-1-2-8-17/h4-5,11,15H,1-3,6-10,16H2. The van der Waals surface area contributed by atoms with E-state index in [-0.39, 0.29) is 6.04 Å². The van der Waals surface area contributed by atoms with Gasteiger partial charge in [-0.3, -0.25) is 4.90 Å². The van der Waals surface area contributed by atoms with E-state index in [4.69, 9.17) is 10.5 Å². The zero-order valence-corrected chi connectivity index (χ0v) is 10.9. The molecule has 1 aliphatic heterocycles. The number of likely N-dealkylation sites (tertiary alicyclic amines) is 1. The lowest BCUT2D eigenvalue weighted by molar-refractivity contribution is 0.237. The molecule has 1 aromatic rings. The first-order valence-corrected chi connectivity index (χ1v) is 7.06. The molecule has 3 heteroatoms. The van der Waals surface area contributed by atoms with Gasteiger partial charge in [0.25, 0.3) is 0 Å². The van der Waals surface area contributed by atoms with Crippen LogP contribution in [0.3, 0.4) is 0 Å². The molecule has 2 aliphatic rings. The van der Waals surface area contributed by atoms with Crippen LogP contribution in [0.5, 0.6) is 5.75 Å². The third-order valence-corrected chi connectivity index (χ3v) is 4.11. The first kappa shape index (κ1) is 12.0. The molecule has 0 spiro atoms. The summed E-state index contributed by atoms with van der Waals surface area (Å²) in [6.45, 7) is 4.33. The molecule has 1 saturated heterocycles. The van der Waals surface area contributed by atoms with Gasteiger partial charge in [-0.15, -0.1) is 0 Å². The van der Waals surface area contributed by atoms with Crippen molar-refractivity contribution in [2.24, 2.45) is 5.73 Å². The van der Waals surface area contributed by atoms with Crippen LogP contribution in [0, 0.1) is 0 Å². The van der Waals surface area contributed by atoms with E-state index >= 15 is 0 Å². The molecule has 3 nitrogen and oxygen atoms in total. The van der Waals surface area contributed by atoms with Gasteiger partial charge in [0.15, 0.2) is 0 Å². The third-order valence-electron chi connectivity index (χ3n) is 4.11. The average Bonchev–Trinajstić information content (AvgIpc) is 3.00. The Morgan fingerprint density at radius 2 is 2.11 bits per heavy atom. The van der Waals surface area contributed by atoms with E-state index in [1.54, 1.807) is 0 Å². The number of hydrogen-bond donors (Lipinski definition) is 1. The van der Waals surface area contributed by atoms with Crippen molar-refractivity contribution in [2.45, 2.75) is 31.7 Å². The highest BCUT2D eigenvalue weighted by atomic mass is 16.5. The highest BCUT2D eigenvalue weighted by molar-refractivity contribution is 5.40. The van der Waals surface area contributed by atoms with Gasteiger partial charge in [0.1, 0.15) is 12.4 Å². The minimum Gasteiger partial charge on any atom is -0.492 e. The first-order chi connectivity index (χ1) is 8.83. The maximum Gasteiger partial charge on any atom is 0.119 e. The fourth-order valence-electron chi connectivity index (χ4n) is 3.02. The van der Waals surface area contributed by atoms with Crippen LogP contribution in [0.1, 0.15) is 36.4 Å². The summed E-state index contributed by atoms with van der Waals surface area (Å²) in [5, 5.41) is 0. The quantitative estimate of drug-likeness (QED) is 0.884. The number of nitrogens with zero attached hydrogens (tertiary/aromatic N) is 1. The summed E-state index contributed by atoms with van der Waals surface area (Å²) in [6, 6.07) is 6.61.